The molecule has 0 unspecified atom stereocenters. The van der Waals surface area contributed by atoms with Gasteiger partial charge in [0.2, 0.25) is 11.8 Å². The first-order valence-corrected chi connectivity index (χ1v) is 8.10. The van der Waals surface area contributed by atoms with Gasteiger partial charge in [-0.1, -0.05) is 11.6 Å². The molecular weight excluding hydrogens is 334 g/mol. The Kier molecular flexibility index (Phi) is 4.62. The van der Waals surface area contributed by atoms with E-state index in [1.807, 2.05) is 0 Å². The maximum absolute atomic E-state index is 12.5. The highest BCUT2D eigenvalue weighted by Crippen LogP contribution is 2.34. The van der Waals surface area contributed by atoms with Crippen molar-refractivity contribution in [1.29, 1.82) is 0 Å². The second-order valence-electron chi connectivity index (χ2n) is 5.83. The van der Waals surface area contributed by atoms with E-state index < -0.39 is 5.97 Å². The summed E-state index contributed by atoms with van der Waals surface area (Å²) in [5.41, 5.74) is 0.637. The molecule has 1 aromatic rings. The lowest BCUT2D eigenvalue weighted by Crippen LogP contribution is -2.53. The minimum Gasteiger partial charge on any atom is -0.423 e. The van der Waals surface area contributed by atoms with Crippen LogP contribution in [0.1, 0.15) is 6.92 Å². The number of carbonyl (C=O) groups excluding carboxylic acids is 3. The van der Waals surface area contributed by atoms with Crippen molar-refractivity contribution >= 4 is 35.1 Å². The van der Waals surface area contributed by atoms with Gasteiger partial charge in [0.25, 0.3) is 0 Å². The number of fused-ring (bicyclic) bond motifs is 1. The van der Waals surface area contributed by atoms with E-state index in [4.69, 9.17) is 16.3 Å². The molecule has 0 aliphatic carbocycles. The molecule has 0 aromatic heterocycles. The highest BCUT2D eigenvalue weighted by atomic mass is 35.5. The number of hydrogen-bond donors (Lipinski definition) is 0. The Hall–Kier alpha value is -2.28. The Bertz CT molecular complexity index is 686. The van der Waals surface area contributed by atoms with Crippen LogP contribution in [0.2, 0.25) is 5.02 Å². The van der Waals surface area contributed by atoms with Crippen LogP contribution in [-0.4, -0.2) is 66.9 Å². The van der Waals surface area contributed by atoms with E-state index in [-0.39, 0.29) is 24.9 Å². The summed E-state index contributed by atoms with van der Waals surface area (Å²) >= 11 is 6.01. The van der Waals surface area contributed by atoms with Crippen molar-refractivity contribution in [2.45, 2.75) is 6.92 Å². The van der Waals surface area contributed by atoms with Gasteiger partial charge in [-0.05, 0) is 18.2 Å². The first-order chi connectivity index (χ1) is 11.4. The Morgan fingerprint density at radius 1 is 1.17 bits per heavy atom. The largest absolute Gasteiger partial charge is 0.423 e. The van der Waals surface area contributed by atoms with Gasteiger partial charge >= 0.3 is 5.97 Å². The number of ether oxygens (including phenoxy) is 1. The monoisotopic (exact) mass is 351 g/mol. The zero-order chi connectivity index (χ0) is 17.3. The summed E-state index contributed by atoms with van der Waals surface area (Å²) in [6.45, 7) is 3.67. The van der Waals surface area contributed by atoms with Crippen LogP contribution in [0.4, 0.5) is 5.69 Å². The third kappa shape index (κ3) is 3.46. The SMILES string of the molecule is CC(=O)N1CCN(C(=O)CN2CC(=O)Oc3ccc(Cl)cc32)CC1. The summed E-state index contributed by atoms with van der Waals surface area (Å²) in [6.07, 6.45) is 0. The minimum atomic E-state index is -0.404. The molecule has 1 aromatic carbocycles. The number of rotatable bonds is 2. The van der Waals surface area contributed by atoms with Crippen molar-refractivity contribution in [2.24, 2.45) is 0 Å². The van der Waals surface area contributed by atoms with E-state index >= 15 is 0 Å². The zero-order valence-electron chi connectivity index (χ0n) is 13.3. The lowest BCUT2D eigenvalue weighted by atomic mass is 10.2. The summed E-state index contributed by atoms with van der Waals surface area (Å²) in [7, 11) is 0. The number of amides is 2. The summed E-state index contributed by atoms with van der Waals surface area (Å²) < 4.78 is 5.18. The van der Waals surface area contributed by atoms with Gasteiger partial charge in [-0.25, -0.2) is 4.79 Å². The molecule has 8 heteroatoms. The molecule has 3 rings (SSSR count). The van der Waals surface area contributed by atoms with Crippen LogP contribution in [0.15, 0.2) is 18.2 Å². The number of anilines is 1. The van der Waals surface area contributed by atoms with Crippen LogP contribution < -0.4 is 9.64 Å². The van der Waals surface area contributed by atoms with Gasteiger partial charge in [-0.3, -0.25) is 9.59 Å². The highest BCUT2D eigenvalue weighted by molar-refractivity contribution is 6.31. The van der Waals surface area contributed by atoms with Gasteiger partial charge in [0.15, 0.2) is 5.75 Å². The molecule has 7 nitrogen and oxygen atoms in total. The number of benzene rings is 1. The van der Waals surface area contributed by atoms with Crippen molar-refractivity contribution in [2.75, 3.05) is 44.2 Å². The third-order valence-electron chi connectivity index (χ3n) is 4.21. The molecule has 0 bridgehead atoms. The molecule has 1 saturated heterocycles. The molecule has 0 radical (unpaired) electrons. The van der Waals surface area contributed by atoms with Crippen molar-refractivity contribution in [3.8, 4) is 5.75 Å². The zero-order valence-corrected chi connectivity index (χ0v) is 14.1. The Morgan fingerprint density at radius 3 is 2.50 bits per heavy atom. The molecule has 2 aliphatic rings. The van der Waals surface area contributed by atoms with Crippen molar-refractivity contribution < 1.29 is 19.1 Å². The average molecular weight is 352 g/mol. The lowest BCUT2D eigenvalue weighted by molar-refractivity contribution is -0.138. The number of hydrogen-bond acceptors (Lipinski definition) is 5. The number of esters is 1. The standard InChI is InChI=1S/C16H18ClN3O4/c1-11(21)18-4-6-19(7-5-18)15(22)9-20-10-16(23)24-14-3-2-12(17)8-13(14)20/h2-3,8H,4-7,9-10H2,1H3. The molecule has 0 saturated carbocycles. The second kappa shape index (κ2) is 6.68. The van der Waals surface area contributed by atoms with Gasteiger partial charge in [-0.2, -0.15) is 0 Å². The number of carbonyl (C=O) groups is 3. The van der Waals surface area contributed by atoms with Crippen molar-refractivity contribution in [3.63, 3.8) is 0 Å². The Morgan fingerprint density at radius 2 is 1.83 bits per heavy atom. The normalized spacial score (nSPS) is 17.4. The smallest absolute Gasteiger partial charge is 0.331 e. The molecule has 2 amide bonds. The van der Waals surface area contributed by atoms with Crippen LogP contribution in [-0.2, 0) is 14.4 Å². The van der Waals surface area contributed by atoms with Crippen molar-refractivity contribution in [1.82, 2.24) is 9.80 Å². The predicted molar refractivity (Wildman–Crippen MR) is 88.1 cm³/mol. The van der Waals surface area contributed by atoms with Crippen molar-refractivity contribution in [3.05, 3.63) is 23.2 Å². The van der Waals surface area contributed by atoms with E-state index in [2.05, 4.69) is 0 Å². The molecule has 2 heterocycles. The van der Waals surface area contributed by atoms with Crippen LogP contribution in [0, 0.1) is 0 Å². The van der Waals surface area contributed by atoms with Gasteiger partial charge in [0.1, 0.15) is 6.54 Å². The Labute approximate surface area is 144 Å². The molecule has 2 aliphatic heterocycles. The fourth-order valence-corrected chi connectivity index (χ4v) is 3.06. The number of nitrogens with zero attached hydrogens (tertiary/aromatic N) is 3. The van der Waals surface area contributed by atoms with Crippen LogP contribution in [0.25, 0.3) is 0 Å². The van der Waals surface area contributed by atoms with E-state index in [1.165, 1.54) is 6.92 Å². The molecule has 24 heavy (non-hydrogen) atoms. The topological polar surface area (TPSA) is 70.2 Å². The number of piperazine rings is 1. The first-order valence-electron chi connectivity index (χ1n) is 7.72. The molecular formula is C16H18ClN3O4. The third-order valence-corrected chi connectivity index (χ3v) is 4.44. The predicted octanol–water partition coefficient (Wildman–Crippen LogP) is 0.756. The number of halogens is 1. The van der Waals surface area contributed by atoms with Crippen LogP contribution in [0.5, 0.6) is 5.75 Å². The molecule has 1 fully saturated rings. The molecule has 0 atom stereocenters. The maximum atomic E-state index is 12.5. The van der Waals surface area contributed by atoms with E-state index in [1.54, 1.807) is 32.9 Å². The summed E-state index contributed by atoms with van der Waals surface area (Å²) in [6, 6.07) is 4.95. The second-order valence-corrected chi connectivity index (χ2v) is 6.27. The van der Waals surface area contributed by atoms with E-state index in [0.29, 0.717) is 42.6 Å². The maximum Gasteiger partial charge on any atom is 0.331 e. The molecule has 0 N–H and O–H groups in total. The molecule has 0 spiro atoms. The summed E-state index contributed by atoms with van der Waals surface area (Å²) in [5, 5.41) is 0.513. The van der Waals surface area contributed by atoms with E-state index in [0.717, 1.165) is 0 Å². The van der Waals surface area contributed by atoms with Gasteiger partial charge in [0.05, 0.1) is 12.2 Å². The lowest BCUT2D eigenvalue weighted by Gasteiger charge is -2.36. The van der Waals surface area contributed by atoms with Gasteiger partial charge in [0, 0.05) is 38.1 Å². The average Bonchev–Trinajstić information content (AvgIpc) is 2.55. The first kappa shape index (κ1) is 16.6. The Balaban J connectivity index is 1.68. The van der Waals surface area contributed by atoms with E-state index in [9.17, 15) is 14.4 Å². The molecule has 128 valence electrons. The fraction of sp³-hybridized carbons (Fsp3) is 0.438. The highest BCUT2D eigenvalue weighted by Gasteiger charge is 2.29. The summed E-state index contributed by atoms with van der Waals surface area (Å²) in [5.74, 6) is -0.0628. The van der Waals surface area contributed by atoms with Crippen LogP contribution in [0.3, 0.4) is 0 Å². The quantitative estimate of drug-likeness (QED) is 0.581. The minimum absolute atomic E-state index is 0.00644. The van der Waals surface area contributed by atoms with Gasteiger partial charge < -0.3 is 19.4 Å². The van der Waals surface area contributed by atoms with Crippen LogP contribution >= 0.6 is 11.6 Å². The van der Waals surface area contributed by atoms with Gasteiger partial charge in [-0.15, -0.1) is 0 Å². The fourth-order valence-electron chi connectivity index (χ4n) is 2.89. The summed E-state index contributed by atoms with van der Waals surface area (Å²) in [4.78, 5) is 40.7.